The Kier molecular flexibility index (Phi) is 5.63. The number of nitrogens with two attached hydrogens (primary N) is 1. The van der Waals surface area contributed by atoms with Gasteiger partial charge in [0.05, 0.1) is 11.3 Å². The molecule has 106 valence electrons. The lowest BCUT2D eigenvalue weighted by molar-refractivity contribution is 0.0963. The molecule has 0 saturated heterocycles. The molecule has 5 heteroatoms. The summed E-state index contributed by atoms with van der Waals surface area (Å²) < 4.78 is 0. The Morgan fingerprint density at radius 2 is 1.95 bits per heavy atom. The molecule has 0 aliphatic rings. The SMILES string of the molecule is CNC(=O)c1ccc(N)cc1N(C)CCCN(C)C. The van der Waals surface area contributed by atoms with Crippen molar-refractivity contribution in [1.29, 1.82) is 0 Å². The summed E-state index contributed by atoms with van der Waals surface area (Å²) in [4.78, 5) is 16.1. The highest BCUT2D eigenvalue weighted by Gasteiger charge is 2.13. The van der Waals surface area contributed by atoms with Crippen LogP contribution in [0.15, 0.2) is 18.2 Å². The zero-order chi connectivity index (χ0) is 14.4. The number of amides is 1. The summed E-state index contributed by atoms with van der Waals surface area (Å²) in [6.07, 6.45) is 1.03. The van der Waals surface area contributed by atoms with Crippen LogP contribution in [0.3, 0.4) is 0 Å². The number of anilines is 2. The van der Waals surface area contributed by atoms with E-state index in [9.17, 15) is 4.79 Å². The van der Waals surface area contributed by atoms with E-state index in [0.29, 0.717) is 11.3 Å². The second-order valence-electron chi connectivity index (χ2n) is 4.93. The second kappa shape index (κ2) is 6.99. The smallest absolute Gasteiger partial charge is 0.253 e. The number of rotatable bonds is 6. The highest BCUT2D eigenvalue weighted by molar-refractivity contribution is 6.00. The molecule has 0 fully saturated rings. The predicted molar refractivity (Wildman–Crippen MR) is 80.7 cm³/mol. The fourth-order valence-corrected chi connectivity index (χ4v) is 1.94. The van der Waals surface area contributed by atoms with E-state index in [-0.39, 0.29) is 5.91 Å². The van der Waals surface area contributed by atoms with Crippen LogP contribution in [0.2, 0.25) is 0 Å². The highest BCUT2D eigenvalue weighted by atomic mass is 16.1. The summed E-state index contributed by atoms with van der Waals surface area (Å²) in [6, 6.07) is 5.37. The maximum Gasteiger partial charge on any atom is 0.253 e. The summed E-state index contributed by atoms with van der Waals surface area (Å²) in [5.41, 5.74) is 8.02. The minimum Gasteiger partial charge on any atom is -0.399 e. The monoisotopic (exact) mass is 264 g/mol. The molecule has 0 bridgehead atoms. The fraction of sp³-hybridized carbons (Fsp3) is 0.500. The van der Waals surface area contributed by atoms with E-state index >= 15 is 0 Å². The summed E-state index contributed by atoms with van der Waals surface area (Å²) in [5, 5.41) is 2.66. The van der Waals surface area contributed by atoms with Gasteiger partial charge < -0.3 is 20.9 Å². The maximum atomic E-state index is 11.8. The van der Waals surface area contributed by atoms with Gasteiger partial charge >= 0.3 is 0 Å². The molecule has 0 unspecified atom stereocenters. The van der Waals surface area contributed by atoms with E-state index in [1.54, 1.807) is 19.2 Å². The fourth-order valence-electron chi connectivity index (χ4n) is 1.94. The predicted octanol–water partition coefficient (Wildman–Crippen LogP) is 1.02. The molecule has 0 saturated carbocycles. The molecular weight excluding hydrogens is 240 g/mol. The molecule has 0 aromatic heterocycles. The average Bonchev–Trinajstić information content (AvgIpc) is 2.37. The van der Waals surface area contributed by atoms with Crippen molar-refractivity contribution in [3.8, 4) is 0 Å². The standard InChI is InChI=1S/C14H24N4O/c1-16-14(19)12-7-6-11(15)10-13(12)18(4)9-5-8-17(2)3/h6-7,10H,5,8-9,15H2,1-4H3,(H,16,19). The van der Waals surface area contributed by atoms with Crippen LogP contribution < -0.4 is 16.0 Å². The first-order valence-electron chi connectivity index (χ1n) is 6.43. The summed E-state index contributed by atoms with van der Waals surface area (Å²) in [6.45, 7) is 1.90. The maximum absolute atomic E-state index is 11.8. The Labute approximate surface area is 115 Å². The van der Waals surface area contributed by atoms with Gasteiger partial charge in [-0.1, -0.05) is 0 Å². The van der Waals surface area contributed by atoms with Crippen LogP contribution in [-0.2, 0) is 0 Å². The lowest BCUT2D eigenvalue weighted by Gasteiger charge is -2.23. The van der Waals surface area contributed by atoms with Gasteiger partial charge in [0.25, 0.3) is 5.91 Å². The van der Waals surface area contributed by atoms with Crippen molar-refractivity contribution < 1.29 is 4.79 Å². The van der Waals surface area contributed by atoms with Gasteiger partial charge in [0.1, 0.15) is 0 Å². The molecule has 5 nitrogen and oxygen atoms in total. The van der Waals surface area contributed by atoms with E-state index in [2.05, 4.69) is 29.2 Å². The number of nitrogens with zero attached hydrogens (tertiary/aromatic N) is 2. The molecule has 1 amide bonds. The number of nitrogen functional groups attached to an aromatic ring is 1. The van der Waals surface area contributed by atoms with Crippen LogP contribution in [0.4, 0.5) is 11.4 Å². The first kappa shape index (κ1) is 15.3. The zero-order valence-electron chi connectivity index (χ0n) is 12.2. The third kappa shape index (κ3) is 4.44. The van der Waals surface area contributed by atoms with Crippen LogP contribution in [0.5, 0.6) is 0 Å². The van der Waals surface area contributed by atoms with Gasteiger partial charge in [0, 0.05) is 26.3 Å². The number of hydrogen-bond donors (Lipinski definition) is 2. The molecule has 0 heterocycles. The molecule has 0 radical (unpaired) electrons. The van der Waals surface area contributed by atoms with E-state index < -0.39 is 0 Å². The molecule has 1 rings (SSSR count). The molecular formula is C14H24N4O. The van der Waals surface area contributed by atoms with E-state index in [1.807, 2.05) is 13.1 Å². The van der Waals surface area contributed by atoms with Crippen molar-refractivity contribution in [3.05, 3.63) is 23.8 Å². The number of carbonyl (C=O) groups excluding carboxylic acids is 1. The van der Waals surface area contributed by atoms with E-state index in [0.717, 1.165) is 25.2 Å². The number of benzene rings is 1. The van der Waals surface area contributed by atoms with Gasteiger partial charge in [-0.05, 0) is 45.3 Å². The molecule has 0 spiro atoms. The van der Waals surface area contributed by atoms with Crippen molar-refractivity contribution in [2.24, 2.45) is 0 Å². The molecule has 19 heavy (non-hydrogen) atoms. The molecule has 1 aromatic carbocycles. The largest absolute Gasteiger partial charge is 0.399 e. The minimum absolute atomic E-state index is 0.0885. The van der Waals surface area contributed by atoms with Crippen molar-refractivity contribution in [2.45, 2.75) is 6.42 Å². The van der Waals surface area contributed by atoms with Crippen LogP contribution in [0.1, 0.15) is 16.8 Å². The number of hydrogen-bond acceptors (Lipinski definition) is 4. The lowest BCUT2D eigenvalue weighted by Crippen LogP contribution is -2.27. The van der Waals surface area contributed by atoms with Crippen molar-refractivity contribution in [2.75, 3.05) is 51.9 Å². The minimum atomic E-state index is -0.0885. The molecule has 0 aliphatic carbocycles. The summed E-state index contributed by atoms with van der Waals surface area (Å²) in [7, 11) is 7.72. The van der Waals surface area contributed by atoms with E-state index in [1.165, 1.54) is 0 Å². The first-order valence-corrected chi connectivity index (χ1v) is 6.43. The van der Waals surface area contributed by atoms with Crippen molar-refractivity contribution >= 4 is 17.3 Å². The Morgan fingerprint density at radius 1 is 1.26 bits per heavy atom. The van der Waals surface area contributed by atoms with Gasteiger partial charge in [-0.2, -0.15) is 0 Å². The Balaban J connectivity index is 2.84. The molecule has 3 N–H and O–H groups in total. The molecule has 0 aliphatic heterocycles. The molecule has 0 atom stereocenters. The Morgan fingerprint density at radius 3 is 2.53 bits per heavy atom. The van der Waals surface area contributed by atoms with Crippen molar-refractivity contribution in [1.82, 2.24) is 10.2 Å². The van der Waals surface area contributed by atoms with Crippen LogP contribution in [0.25, 0.3) is 0 Å². The third-order valence-corrected chi connectivity index (χ3v) is 3.00. The number of carbonyl (C=O) groups is 1. The Bertz CT molecular complexity index is 431. The van der Waals surface area contributed by atoms with Crippen molar-refractivity contribution in [3.63, 3.8) is 0 Å². The quantitative estimate of drug-likeness (QED) is 0.753. The molecule has 1 aromatic rings. The highest BCUT2D eigenvalue weighted by Crippen LogP contribution is 2.22. The Hall–Kier alpha value is -1.75. The first-order chi connectivity index (χ1) is 8.95. The second-order valence-corrected chi connectivity index (χ2v) is 4.93. The number of nitrogens with one attached hydrogen (secondary N) is 1. The van der Waals surface area contributed by atoms with Gasteiger partial charge in [0.2, 0.25) is 0 Å². The average molecular weight is 264 g/mol. The van der Waals surface area contributed by atoms with Crippen LogP contribution in [-0.4, -0.2) is 52.1 Å². The van der Waals surface area contributed by atoms with Crippen LogP contribution >= 0.6 is 0 Å². The van der Waals surface area contributed by atoms with Gasteiger partial charge in [-0.15, -0.1) is 0 Å². The zero-order valence-corrected chi connectivity index (χ0v) is 12.2. The lowest BCUT2D eigenvalue weighted by atomic mass is 10.1. The van der Waals surface area contributed by atoms with E-state index in [4.69, 9.17) is 5.73 Å². The topological polar surface area (TPSA) is 61.6 Å². The third-order valence-electron chi connectivity index (χ3n) is 3.00. The van der Waals surface area contributed by atoms with Crippen LogP contribution in [0, 0.1) is 0 Å². The summed E-state index contributed by atoms with van der Waals surface area (Å²) in [5.74, 6) is -0.0885. The van der Waals surface area contributed by atoms with Gasteiger partial charge in [-0.25, -0.2) is 0 Å². The van der Waals surface area contributed by atoms with Gasteiger partial charge in [0.15, 0.2) is 0 Å². The normalized spacial score (nSPS) is 10.6. The van der Waals surface area contributed by atoms with Gasteiger partial charge in [-0.3, -0.25) is 4.79 Å². The summed E-state index contributed by atoms with van der Waals surface area (Å²) >= 11 is 0.